The van der Waals surface area contributed by atoms with Crippen LogP contribution in [0.5, 0.6) is 11.5 Å². The molecule has 0 aliphatic carbocycles. The van der Waals surface area contributed by atoms with Gasteiger partial charge in [-0.15, -0.1) is 0 Å². The fourth-order valence-electron chi connectivity index (χ4n) is 5.29. The highest BCUT2D eigenvalue weighted by atomic mass is 16.5. The molecule has 0 saturated carbocycles. The molecule has 5 rings (SSSR count). The van der Waals surface area contributed by atoms with E-state index in [2.05, 4.69) is 30.4 Å². The summed E-state index contributed by atoms with van der Waals surface area (Å²) >= 11 is 0. The van der Waals surface area contributed by atoms with Gasteiger partial charge in [-0.1, -0.05) is 0 Å². The van der Waals surface area contributed by atoms with Gasteiger partial charge in [-0.2, -0.15) is 0 Å². The second-order valence-electron chi connectivity index (χ2n) is 10.3. The van der Waals surface area contributed by atoms with Crippen molar-refractivity contribution in [3.63, 3.8) is 0 Å². The first-order valence-corrected chi connectivity index (χ1v) is 14.1. The minimum absolute atomic E-state index is 0.113. The van der Waals surface area contributed by atoms with Crippen LogP contribution in [0.25, 0.3) is 0 Å². The molecule has 2 N–H and O–H groups in total. The number of aromatic nitrogens is 2. The fraction of sp³-hybridized carbons (Fsp3) is 0.400. The van der Waals surface area contributed by atoms with Crippen LogP contribution in [-0.2, 0) is 9.59 Å². The van der Waals surface area contributed by atoms with Crippen LogP contribution < -0.4 is 29.9 Å². The van der Waals surface area contributed by atoms with Crippen molar-refractivity contribution < 1.29 is 19.1 Å². The summed E-state index contributed by atoms with van der Waals surface area (Å²) in [4.78, 5) is 40.4. The fourth-order valence-corrected chi connectivity index (χ4v) is 5.29. The summed E-state index contributed by atoms with van der Waals surface area (Å²) in [5, 5.41) is 6.68. The molecule has 12 nitrogen and oxygen atoms in total. The number of methoxy groups -OCH3 is 2. The van der Waals surface area contributed by atoms with E-state index in [0.29, 0.717) is 49.3 Å². The van der Waals surface area contributed by atoms with Crippen LogP contribution in [0, 0.1) is 0 Å². The van der Waals surface area contributed by atoms with Gasteiger partial charge in [0.15, 0.2) is 0 Å². The second-order valence-corrected chi connectivity index (χ2v) is 10.3. The first-order chi connectivity index (χ1) is 20.3. The quantitative estimate of drug-likeness (QED) is 0.415. The van der Waals surface area contributed by atoms with Crippen molar-refractivity contribution in [2.75, 3.05) is 87.0 Å². The zero-order valence-electron chi connectivity index (χ0n) is 24.6. The van der Waals surface area contributed by atoms with E-state index in [0.717, 1.165) is 48.9 Å². The lowest BCUT2D eigenvalue weighted by Crippen LogP contribution is -2.48. The summed E-state index contributed by atoms with van der Waals surface area (Å²) in [6.07, 6.45) is 1.50. The van der Waals surface area contributed by atoms with E-state index in [4.69, 9.17) is 9.47 Å². The smallest absolute Gasteiger partial charge is 0.219 e. The van der Waals surface area contributed by atoms with Gasteiger partial charge in [0.1, 0.15) is 29.5 Å². The highest BCUT2D eigenvalue weighted by molar-refractivity contribution is 5.75. The van der Waals surface area contributed by atoms with Crippen LogP contribution in [0.2, 0.25) is 0 Å². The van der Waals surface area contributed by atoms with Crippen LogP contribution in [0.3, 0.4) is 0 Å². The molecule has 2 aromatic carbocycles. The lowest BCUT2D eigenvalue weighted by molar-refractivity contribution is -0.129. The number of rotatable bonds is 8. The van der Waals surface area contributed by atoms with Crippen LogP contribution in [0.1, 0.15) is 13.8 Å². The van der Waals surface area contributed by atoms with Crippen LogP contribution in [0.15, 0.2) is 48.8 Å². The molecule has 2 fully saturated rings. The third-order valence-corrected chi connectivity index (χ3v) is 7.74. The molecule has 2 aliphatic rings. The lowest BCUT2D eigenvalue weighted by atomic mass is 10.2. The van der Waals surface area contributed by atoms with Gasteiger partial charge in [0.05, 0.1) is 25.6 Å². The number of piperazine rings is 2. The zero-order valence-corrected chi connectivity index (χ0v) is 24.6. The number of benzene rings is 2. The summed E-state index contributed by atoms with van der Waals surface area (Å²) in [5.41, 5.74) is 3.64. The number of anilines is 6. The number of carbonyl (C=O) groups is 2. The predicted molar refractivity (Wildman–Crippen MR) is 164 cm³/mol. The maximum atomic E-state index is 11.7. The van der Waals surface area contributed by atoms with E-state index in [1.807, 2.05) is 52.3 Å². The number of hydrogen-bond acceptors (Lipinski definition) is 10. The normalized spacial score (nSPS) is 15.3. The molecule has 0 bridgehead atoms. The Morgan fingerprint density at radius 1 is 0.643 bits per heavy atom. The number of carbonyl (C=O) groups excluding carboxylic acids is 2. The van der Waals surface area contributed by atoms with Crippen molar-refractivity contribution in [3.05, 3.63) is 48.8 Å². The highest BCUT2D eigenvalue weighted by Crippen LogP contribution is 2.34. The molecular weight excluding hydrogens is 536 g/mol. The molecule has 0 spiro atoms. The van der Waals surface area contributed by atoms with Gasteiger partial charge < -0.3 is 39.7 Å². The topological polar surface area (TPSA) is 115 Å². The Labute approximate surface area is 246 Å². The van der Waals surface area contributed by atoms with Crippen LogP contribution >= 0.6 is 0 Å². The third-order valence-electron chi connectivity index (χ3n) is 7.74. The van der Waals surface area contributed by atoms with Crippen molar-refractivity contribution in [1.82, 2.24) is 19.8 Å². The largest absolute Gasteiger partial charge is 0.494 e. The average Bonchev–Trinajstić information content (AvgIpc) is 3.01. The van der Waals surface area contributed by atoms with Crippen molar-refractivity contribution in [1.29, 1.82) is 0 Å². The Bertz CT molecular complexity index is 1320. The van der Waals surface area contributed by atoms with E-state index in [9.17, 15) is 9.59 Å². The Morgan fingerprint density at radius 2 is 1.05 bits per heavy atom. The molecule has 3 heterocycles. The molecule has 12 heteroatoms. The number of nitrogens with zero attached hydrogens (tertiary/aromatic N) is 6. The maximum Gasteiger partial charge on any atom is 0.219 e. The number of hydrogen-bond donors (Lipinski definition) is 2. The maximum absolute atomic E-state index is 11.7. The Morgan fingerprint density at radius 3 is 1.40 bits per heavy atom. The zero-order chi connectivity index (χ0) is 29.6. The van der Waals surface area contributed by atoms with E-state index in [-0.39, 0.29) is 11.8 Å². The molecule has 42 heavy (non-hydrogen) atoms. The molecule has 0 radical (unpaired) electrons. The minimum atomic E-state index is 0.113. The van der Waals surface area contributed by atoms with E-state index < -0.39 is 0 Å². The molecule has 3 aromatic rings. The average molecular weight is 575 g/mol. The predicted octanol–water partition coefficient (Wildman–Crippen LogP) is 3.32. The Hall–Kier alpha value is -4.74. The minimum Gasteiger partial charge on any atom is -0.494 e. The second kappa shape index (κ2) is 12.8. The van der Waals surface area contributed by atoms with E-state index in [1.165, 1.54) is 6.33 Å². The summed E-state index contributed by atoms with van der Waals surface area (Å²) in [5.74, 6) is 2.82. The summed E-state index contributed by atoms with van der Waals surface area (Å²) in [6, 6.07) is 13.8. The molecule has 0 unspecified atom stereocenters. The van der Waals surface area contributed by atoms with Crippen LogP contribution in [0.4, 0.5) is 34.4 Å². The van der Waals surface area contributed by atoms with Gasteiger partial charge in [0.25, 0.3) is 0 Å². The van der Waals surface area contributed by atoms with E-state index >= 15 is 0 Å². The first-order valence-electron chi connectivity index (χ1n) is 14.1. The van der Waals surface area contributed by atoms with E-state index in [1.54, 1.807) is 28.1 Å². The summed E-state index contributed by atoms with van der Waals surface area (Å²) in [7, 11) is 3.29. The summed E-state index contributed by atoms with van der Waals surface area (Å²) < 4.78 is 11.4. The van der Waals surface area contributed by atoms with Crippen molar-refractivity contribution in [2.24, 2.45) is 0 Å². The lowest BCUT2D eigenvalue weighted by Gasteiger charge is -2.35. The molecule has 222 valence electrons. The molecule has 1 aromatic heterocycles. The number of ether oxygens (including phenoxy) is 2. The highest BCUT2D eigenvalue weighted by Gasteiger charge is 2.21. The molecule has 2 saturated heterocycles. The number of amides is 2. The van der Waals surface area contributed by atoms with Gasteiger partial charge >= 0.3 is 0 Å². The van der Waals surface area contributed by atoms with Gasteiger partial charge in [-0.05, 0) is 24.3 Å². The standard InChI is InChI=1S/C30H38N8O4/c1-21(39)35-9-13-37(14-10-35)23-5-7-25(27(17-23)41-3)33-29-19-30(32-20-31-29)34-26-8-6-24(18-28(26)42-4)38-15-11-36(12-16-38)22(2)40/h5-8,17-20H,9-16H2,1-4H3,(H2,31,32,33,34). The van der Waals surface area contributed by atoms with Crippen molar-refractivity contribution in [2.45, 2.75) is 13.8 Å². The van der Waals surface area contributed by atoms with Gasteiger partial charge in [0.2, 0.25) is 11.8 Å². The van der Waals surface area contributed by atoms with Gasteiger partial charge in [-0.3, -0.25) is 9.59 Å². The Kier molecular flexibility index (Phi) is 8.80. The van der Waals surface area contributed by atoms with Gasteiger partial charge in [-0.25, -0.2) is 9.97 Å². The van der Waals surface area contributed by atoms with Crippen LogP contribution in [-0.4, -0.2) is 98.2 Å². The molecule has 2 amide bonds. The van der Waals surface area contributed by atoms with Gasteiger partial charge in [0, 0.05) is 95.8 Å². The molecular formula is C30H38N8O4. The SMILES string of the molecule is COc1cc(N2CCN(C(C)=O)CC2)ccc1Nc1cc(Nc2ccc(N3CCN(C(C)=O)CC3)cc2OC)ncn1. The monoisotopic (exact) mass is 574 g/mol. The summed E-state index contributed by atoms with van der Waals surface area (Å²) in [6.45, 7) is 9.16. The number of nitrogens with one attached hydrogen (secondary N) is 2. The third kappa shape index (κ3) is 6.59. The van der Waals surface area contributed by atoms with Crippen molar-refractivity contribution in [3.8, 4) is 11.5 Å². The Balaban J connectivity index is 1.25. The molecule has 0 atom stereocenters. The molecule has 2 aliphatic heterocycles. The van der Waals surface area contributed by atoms with Crippen molar-refractivity contribution >= 4 is 46.2 Å². The first kappa shape index (κ1) is 28.8.